The van der Waals surface area contributed by atoms with Crippen molar-refractivity contribution in [2.45, 2.75) is 38.6 Å². The van der Waals surface area contributed by atoms with Gasteiger partial charge in [-0.3, -0.25) is 4.79 Å². The Labute approximate surface area is 96.2 Å². The molecule has 0 saturated heterocycles. The van der Waals surface area contributed by atoms with Crippen molar-refractivity contribution in [3.8, 4) is 0 Å². The fourth-order valence-electron chi connectivity index (χ4n) is 1.72. The van der Waals surface area contributed by atoms with Gasteiger partial charge in [0.05, 0.1) is 0 Å². The Morgan fingerprint density at radius 1 is 1.38 bits per heavy atom. The van der Waals surface area contributed by atoms with Gasteiger partial charge in [0, 0.05) is 23.8 Å². The van der Waals surface area contributed by atoms with E-state index in [1.54, 1.807) is 0 Å². The molecule has 0 radical (unpaired) electrons. The van der Waals surface area contributed by atoms with Crippen molar-refractivity contribution in [3.05, 3.63) is 24.3 Å². The lowest BCUT2D eigenvalue weighted by Gasteiger charge is -2.27. The summed E-state index contributed by atoms with van der Waals surface area (Å²) >= 11 is 0. The quantitative estimate of drug-likeness (QED) is 0.815. The van der Waals surface area contributed by atoms with Crippen molar-refractivity contribution < 1.29 is 4.79 Å². The summed E-state index contributed by atoms with van der Waals surface area (Å²) in [5.41, 5.74) is 1.97. The number of amides is 1. The highest BCUT2D eigenvalue weighted by atomic mass is 16.1. The maximum Gasteiger partial charge on any atom is 0.224 e. The summed E-state index contributed by atoms with van der Waals surface area (Å²) in [5, 5.41) is 6.32. The molecule has 2 rings (SSSR count). The molecule has 0 spiro atoms. The first kappa shape index (κ1) is 11.0. The SMILES string of the molecule is CCC(=O)Nc1cccc(NC2CCC2)c1. The molecule has 1 aliphatic carbocycles. The zero-order valence-electron chi connectivity index (χ0n) is 9.62. The first-order chi connectivity index (χ1) is 7.78. The van der Waals surface area contributed by atoms with Gasteiger partial charge in [-0.25, -0.2) is 0 Å². The molecule has 3 nitrogen and oxygen atoms in total. The molecule has 16 heavy (non-hydrogen) atoms. The second kappa shape index (κ2) is 5.01. The van der Waals surface area contributed by atoms with Crippen LogP contribution in [0, 0.1) is 0 Å². The number of hydrogen-bond acceptors (Lipinski definition) is 2. The van der Waals surface area contributed by atoms with Crippen molar-refractivity contribution in [1.29, 1.82) is 0 Å². The monoisotopic (exact) mass is 218 g/mol. The van der Waals surface area contributed by atoms with Crippen LogP contribution in [0.4, 0.5) is 11.4 Å². The molecule has 0 unspecified atom stereocenters. The third kappa shape index (κ3) is 2.75. The summed E-state index contributed by atoms with van der Waals surface area (Å²) in [4.78, 5) is 11.3. The van der Waals surface area contributed by atoms with Crippen LogP contribution in [0.1, 0.15) is 32.6 Å². The van der Waals surface area contributed by atoms with Crippen molar-refractivity contribution >= 4 is 17.3 Å². The minimum atomic E-state index is 0.0563. The average molecular weight is 218 g/mol. The number of nitrogens with one attached hydrogen (secondary N) is 2. The van der Waals surface area contributed by atoms with Gasteiger partial charge in [-0.15, -0.1) is 0 Å². The maximum atomic E-state index is 11.3. The number of rotatable bonds is 4. The number of carbonyl (C=O) groups excluding carboxylic acids is 1. The average Bonchev–Trinajstić information content (AvgIpc) is 2.24. The van der Waals surface area contributed by atoms with Crippen LogP contribution >= 0.6 is 0 Å². The van der Waals surface area contributed by atoms with E-state index in [2.05, 4.69) is 10.6 Å². The molecule has 0 atom stereocenters. The normalized spacial score (nSPS) is 15.3. The van der Waals surface area contributed by atoms with Gasteiger partial charge in [-0.1, -0.05) is 13.0 Å². The Morgan fingerprint density at radius 3 is 2.75 bits per heavy atom. The van der Waals surface area contributed by atoms with E-state index in [4.69, 9.17) is 0 Å². The lowest BCUT2D eigenvalue weighted by molar-refractivity contribution is -0.115. The second-order valence-electron chi connectivity index (χ2n) is 4.25. The van der Waals surface area contributed by atoms with E-state index in [-0.39, 0.29) is 5.91 Å². The van der Waals surface area contributed by atoms with E-state index in [9.17, 15) is 4.79 Å². The molecule has 86 valence electrons. The molecule has 1 saturated carbocycles. The molecular formula is C13H18N2O. The third-order valence-electron chi connectivity index (χ3n) is 2.94. The van der Waals surface area contributed by atoms with E-state index in [0.29, 0.717) is 12.5 Å². The summed E-state index contributed by atoms with van der Waals surface area (Å²) in [7, 11) is 0. The number of hydrogen-bond donors (Lipinski definition) is 2. The molecule has 1 aliphatic rings. The minimum absolute atomic E-state index is 0.0563. The Balaban J connectivity index is 1.97. The van der Waals surface area contributed by atoms with Crippen LogP contribution in [-0.2, 0) is 4.79 Å². The first-order valence-electron chi connectivity index (χ1n) is 5.94. The van der Waals surface area contributed by atoms with Gasteiger partial charge >= 0.3 is 0 Å². The van der Waals surface area contributed by atoms with Gasteiger partial charge in [0.15, 0.2) is 0 Å². The lowest BCUT2D eigenvalue weighted by Crippen LogP contribution is -2.26. The van der Waals surface area contributed by atoms with Gasteiger partial charge in [0.25, 0.3) is 0 Å². The summed E-state index contributed by atoms with van der Waals surface area (Å²) in [5.74, 6) is 0.0563. The van der Waals surface area contributed by atoms with Gasteiger partial charge < -0.3 is 10.6 Å². The van der Waals surface area contributed by atoms with Crippen LogP contribution in [-0.4, -0.2) is 11.9 Å². The van der Waals surface area contributed by atoms with Crippen LogP contribution in [0.15, 0.2) is 24.3 Å². The zero-order chi connectivity index (χ0) is 11.4. The molecular weight excluding hydrogens is 200 g/mol. The first-order valence-corrected chi connectivity index (χ1v) is 5.94. The largest absolute Gasteiger partial charge is 0.382 e. The fraction of sp³-hybridized carbons (Fsp3) is 0.462. The van der Waals surface area contributed by atoms with Crippen molar-refractivity contribution in [2.24, 2.45) is 0 Å². The number of carbonyl (C=O) groups is 1. The van der Waals surface area contributed by atoms with Gasteiger partial charge in [-0.05, 0) is 37.5 Å². The van der Waals surface area contributed by atoms with Crippen molar-refractivity contribution in [2.75, 3.05) is 10.6 Å². The molecule has 1 amide bonds. The highest BCUT2D eigenvalue weighted by Crippen LogP contribution is 2.24. The van der Waals surface area contributed by atoms with E-state index in [1.807, 2.05) is 31.2 Å². The van der Waals surface area contributed by atoms with Crippen LogP contribution < -0.4 is 10.6 Å². The standard InChI is InChI=1S/C13H18N2O/c1-2-13(16)15-12-8-4-7-11(9-12)14-10-5-3-6-10/h4,7-10,14H,2-3,5-6H2,1H3,(H,15,16). The number of benzene rings is 1. The van der Waals surface area contributed by atoms with E-state index in [0.717, 1.165) is 11.4 Å². The lowest BCUT2D eigenvalue weighted by atomic mass is 9.93. The predicted molar refractivity (Wildman–Crippen MR) is 66.6 cm³/mol. The topological polar surface area (TPSA) is 41.1 Å². The molecule has 0 bridgehead atoms. The minimum Gasteiger partial charge on any atom is -0.382 e. The van der Waals surface area contributed by atoms with E-state index in [1.165, 1.54) is 19.3 Å². The second-order valence-corrected chi connectivity index (χ2v) is 4.25. The maximum absolute atomic E-state index is 11.3. The van der Waals surface area contributed by atoms with Gasteiger partial charge in [0.1, 0.15) is 0 Å². The molecule has 1 aromatic carbocycles. The van der Waals surface area contributed by atoms with Crippen molar-refractivity contribution in [1.82, 2.24) is 0 Å². The Kier molecular flexibility index (Phi) is 3.44. The van der Waals surface area contributed by atoms with E-state index >= 15 is 0 Å². The highest BCUT2D eigenvalue weighted by molar-refractivity contribution is 5.90. The Hall–Kier alpha value is -1.51. The summed E-state index contributed by atoms with van der Waals surface area (Å²) in [6, 6.07) is 8.54. The third-order valence-corrected chi connectivity index (χ3v) is 2.94. The predicted octanol–water partition coefficient (Wildman–Crippen LogP) is 3.00. The molecule has 0 aromatic heterocycles. The molecule has 1 fully saturated rings. The smallest absolute Gasteiger partial charge is 0.224 e. The van der Waals surface area contributed by atoms with Gasteiger partial charge in [-0.2, -0.15) is 0 Å². The van der Waals surface area contributed by atoms with Crippen LogP contribution in [0.3, 0.4) is 0 Å². The fourth-order valence-corrected chi connectivity index (χ4v) is 1.72. The molecule has 0 aliphatic heterocycles. The van der Waals surface area contributed by atoms with E-state index < -0.39 is 0 Å². The Bertz CT molecular complexity index is 372. The van der Waals surface area contributed by atoms with Crippen molar-refractivity contribution in [3.63, 3.8) is 0 Å². The molecule has 3 heteroatoms. The number of anilines is 2. The Morgan fingerprint density at radius 2 is 2.12 bits per heavy atom. The zero-order valence-corrected chi connectivity index (χ0v) is 9.62. The van der Waals surface area contributed by atoms with Crippen LogP contribution in [0.25, 0.3) is 0 Å². The molecule has 0 heterocycles. The van der Waals surface area contributed by atoms with Gasteiger partial charge in [0.2, 0.25) is 5.91 Å². The van der Waals surface area contributed by atoms with Crippen LogP contribution in [0.5, 0.6) is 0 Å². The highest BCUT2D eigenvalue weighted by Gasteiger charge is 2.16. The van der Waals surface area contributed by atoms with Crippen LogP contribution in [0.2, 0.25) is 0 Å². The summed E-state index contributed by atoms with van der Waals surface area (Å²) in [6.07, 6.45) is 4.35. The molecule has 2 N–H and O–H groups in total. The summed E-state index contributed by atoms with van der Waals surface area (Å²) in [6.45, 7) is 1.85. The molecule has 1 aromatic rings. The summed E-state index contributed by atoms with van der Waals surface area (Å²) < 4.78 is 0.